The van der Waals surface area contributed by atoms with Crippen molar-refractivity contribution < 1.29 is 10.2 Å². The summed E-state index contributed by atoms with van der Waals surface area (Å²) in [6.45, 7) is 4.73. The van der Waals surface area contributed by atoms with Crippen molar-refractivity contribution in [2.45, 2.75) is 39.1 Å². The predicted molar refractivity (Wildman–Crippen MR) is 48.4 cm³/mol. The van der Waals surface area contributed by atoms with E-state index in [1.54, 1.807) is 4.90 Å². The van der Waals surface area contributed by atoms with Gasteiger partial charge < -0.3 is 15.9 Å². The van der Waals surface area contributed by atoms with Crippen LogP contribution in [-0.4, -0.2) is 40.7 Å². The maximum Gasteiger partial charge on any atom is 0.109 e. The molecule has 0 aliphatic carbocycles. The summed E-state index contributed by atoms with van der Waals surface area (Å²) in [4.78, 5) is 1.61. The van der Waals surface area contributed by atoms with E-state index < -0.39 is 12.5 Å². The summed E-state index contributed by atoms with van der Waals surface area (Å²) in [5.74, 6) is 0. The monoisotopic (exact) mass is 176 g/mol. The van der Waals surface area contributed by atoms with Crippen LogP contribution in [0.4, 0.5) is 0 Å². The van der Waals surface area contributed by atoms with Crippen LogP contribution in [0.1, 0.15) is 26.7 Å². The molecule has 0 fully saturated rings. The van der Waals surface area contributed by atoms with Crippen LogP contribution in [0.2, 0.25) is 0 Å². The van der Waals surface area contributed by atoms with Crippen molar-refractivity contribution in [3.8, 4) is 0 Å². The summed E-state index contributed by atoms with van der Waals surface area (Å²) in [5, 5.41) is 18.9. The summed E-state index contributed by atoms with van der Waals surface area (Å²) in [5.41, 5.74) is 5.35. The number of hydrogen-bond acceptors (Lipinski definition) is 4. The Balaban J connectivity index is 4.01. The molecule has 74 valence electrons. The molecule has 0 aromatic rings. The third-order valence-corrected chi connectivity index (χ3v) is 1.88. The molecule has 2 atom stereocenters. The molecule has 0 aromatic carbocycles. The molecular formula is C8H20N2O2. The van der Waals surface area contributed by atoms with Crippen molar-refractivity contribution in [3.63, 3.8) is 0 Å². The maximum absolute atomic E-state index is 9.46. The van der Waals surface area contributed by atoms with Crippen molar-refractivity contribution in [3.05, 3.63) is 0 Å². The van der Waals surface area contributed by atoms with E-state index in [9.17, 15) is 10.2 Å². The SMILES string of the molecule is CCC(O)N(CCN)C(O)CC. The second-order valence-corrected chi connectivity index (χ2v) is 2.80. The molecule has 2 unspecified atom stereocenters. The maximum atomic E-state index is 9.46. The number of nitrogens with two attached hydrogens (primary N) is 1. The van der Waals surface area contributed by atoms with Gasteiger partial charge in [0, 0.05) is 13.1 Å². The minimum absolute atomic E-state index is 0.453. The van der Waals surface area contributed by atoms with Gasteiger partial charge in [-0.3, -0.25) is 4.90 Å². The van der Waals surface area contributed by atoms with Crippen LogP contribution in [0.15, 0.2) is 0 Å². The van der Waals surface area contributed by atoms with E-state index in [1.165, 1.54) is 0 Å². The van der Waals surface area contributed by atoms with Crippen molar-refractivity contribution in [1.29, 1.82) is 0 Å². The van der Waals surface area contributed by atoms with Crippen molar-refractivity contribution in [1.82, 2.24) is 4.90 Å². The van der Waals surface area contributed by atoms with Gasteiger partial charge in [-0.25, -0.2) is 0 Å². The highest BCUT2D eigenvalue weighted by atomic mass is 16.3. The van der Waals surface area contributed by atoms with Gasteiger partial charge in [0.05, 0.1) is 0 Å². The molecule has 0 bridgehead atoms. The molecule has 4 nitrogen and oxygen atoms in total. The van der Waals surface area contributed by atoms with Gasteiger partial charge in [-0.2, -0.15) is 0 Å². The Bertz CT molecular complexity index is 101. The minimum atomic E-state index is -0.580. The Hall–Kier alpha value is -0.160. The average molecular weight is 176 g/mol. The van der Waals surface area contributed by atoms with Gasteiger partial charge in [-0.05, 0) is 12.8 Å². The minimum Gasteiger partial charge on any atom is -0.378 e. The normalized spacial score (nSPS) is 16.5. The van der Waals surface area contributed by atoms with Crippen LogP contribution in [0.3, 0.4) is 0 Å². The molecular weight excluding hydrogens is 156 g/mol. The standard InChI is InChI=1S/C8H20N2O2/c1-3-7(11)10(6-5-9)8(12)4-2/h7-8,11-12H,3-6,9H2,1-2H3. The lowest BCUT2D eigenvalue weighted by Gasteiger charge is -2.30. The highest BCUT2D eigenvalue weighted by molar-refractivity contribution is 4.63. The van der Waals surface area contributed by atoms with Crippen LogP contribution >= 0.6 is 0 Å². The molecule has 12 heavy (non-hydrogen) atoms. The number of nitrogens with zero attached hydrogens (tertiary/aromatic N) is 1. The number of aliphatic hydroxyl groups excluding tert-OH is 2. The topological polar surface area (TPSA) is 69.7 Å². The van der Waals surface area contributed by atoms with Gasteiger partial charge in [-0.1, -0.05) is 13.8 Å². The fraction of sp³-hybridized carbons (Fsp3) is 1.00. The molecule has 0 spiro atoms. The third-order valence-electron chi connectivity index (χ3n) is 1.88. The van der Waals surface area contributed by atoms with Crippen LogP contribution in [-0.2, 0) is 0 Å². The van der Waals surface area contributed by atoms with E-state index in [1.807, 2.05) is 13.8 Å². The molecule has 0 aromatic heterocycles. The van der Waals surface area contributed by atoms with Crippen molar-refractivity contribution >= 4 is 0 Å². The molecule has 0 heterocycles. The molecule has 0 radical (unpaired) electrons. The first-order chi connectivity index (χ1) is 5.67. The van der Waals surface area contributed by atoms with E-state index >= 15 is 0 Å². The summed E-state index contributed by atoms with van der Waals surface area (Å²) < 4.78 is 0. The Morgan fingerprint density at radius 1 is 1.17 bits per heavy atom. The lowest BCUT2D eigenvalue weighted by atomic mass is 10.3. The van der Waals surface area contributed by atoms with Gasteiger partial charge in [0.15, 0.2) is 0 Å². The lowest BCUT2D eigenvalue weighted by Crippen LogP contribution is -2.45. The average Bonchev–Trinajstić information content (AvgIpc) is 2.11. The van der Waals surface area contributed by atoms with Crippen molar-refractivity contribution in [2.24, 2.45) is 5.73 Å². The number of hydrogen-bond donors (Lipinski definition) is 3. The zero-order chi connectivity index (χ0) is 9.56. The zero-order valence-corrected chi connectivity index (χ0v) is 7.90. The molecule has 4 heteroatoms. The molecule has 0 amide bonds. The Morgan fingerprint density at radius 2 is 1.58 bits per heavy atom. The van der Waals surface area contributed by atoms with E-state index in [2.05, 4.69) is 0 Å². The second kappa shape index (κ2) is 6.37. The van der Waals surface area contributed by atoms with Crippen LogP contribution in [0, 0.1) is 0 Å². The van der Waals surface area contributed by atoms with Gasteiger partial charge >= 0.3 is 0 Å². The molecule has 0 aliphatic heterocycles. The highest BCUT2D eigenvalue weighted by Gasteiger charge is 2.19. The number of aliphatic hydroxyl groups is 2. The Labute approximate surface area is 74.0 Å². The zero-order valence-electron chi connectivity index (χ0n) is 7.90. The van der Waals surface area contributed by atoms with Gasteiger partial charge in [0.1, 0.15) is 12.5 Å². The molecule has 0 saturated carbocycles. The first-order valence-corrected chi connectivity index (χ1v) is 4.49. The lowest BCUT2D eigenvalue weighted by molar-refractivity contribution is -0.102. The first-order valence-electron chi connectivity index (χ1n) is 4.49. The Morgan fingerprint density at radius 3 is 1.83 bits per heavy atom. The summed E-state index contributed by atoms with van der Waals surface area (Å²) in [6, 6.07) is 0. The van der Waals surface area contributed by atoms with Crippen LogP contribution in [0.5, 0.6) is 0 Å². The molecule has 0 aliphatic rings. The quantitative estimate of drug-likeness (QED) is 0.486. The third kappa shape index (κ3) is 3.49. The van der Waals surface area contributed by atoms with E-state index in [-0.39, 0.29) is 0 Å². The van der Waals surface area contributed by atoms with Gasteiger partial charge in [0.25, 0.3) is 0 Å². The fourth-order valence-corrected chi connectivity index (χ4v) is 1.11. The van der Waals surface area contributed by atoms with E-state index in [0.717, 1.165) is 0 Å². The summed E-state index contributed by atoms with van der Waals surface area (Å²) >= 11 is 0. The smallest absolute Gasteiger partial charge is 0.109 e. The van der Waals surface area contributed by atoms with Gasteiger partial charge in [0.2, 0.25) is 0 Å². The summed E-state index contributed by atoms with van der Waals surface area (Å²) in [6.07, 6.45) is 0.0562. The van der Waals surface area contributed by atoms with E-state index in [0.29, 0.717) is 25.9 Å². The van der Waals surface area contributed by atoms with Gasteiger partial charge in [-0.15, -0.1) is 0 Å². The number of rotatable bonds is 6. The first kappa shape index (κ1) is 11.8. The van der Waals surface area contributed by atoms with Crippen LogP contribution < -0.4 is 5.73 Å². The summed E-state index contributed by atoms with van der Waals surface area (Å²) in [7, 11) is 0. The Kier molecular flexibility index (Phi) is 6.28. The molecule has 4 N–H and O–H groups in total. The molecule has 0 rings (SSSR count). The van der Waals surface area contributed by atoms with E-state index in [4.69, 9.17) is 5.73 Å². The van der Waals surface area contributed by atoms with Crippen LogP contribution in [0.25, 0.3) is 0 Å². The highest BCUT2D eigenvalue weighted by Crippen LogP contribution is 2.06. The second-order valence-electron chi connectivity index (χ2n) is 2.80. The molecule has 0 saturated heterocycles. The predicted octanol–water partition coefficient (Wildman–Crippen LogP) is -0.296. The largest absolute Gasteiger partial charge is 0.378 e. The van der Waals surface area contributed by atoms with Crippen molar-refractivity contribution in [2.75, 3.05) is 13.1 Å². The fourth-order valence-electron chi connectivity index (χ4n) is 1.11.